The van der Waals surface area contributed by atoms with Crippen LogP contribution in [-0.4, -0.2) is 18.4 Å². The minimum absolute atomic E-state index is 0.0103. The van der Waals surface area contributed by atoms with E-state index in [2.05, 4.69) is 5.32 Å². The fourth-order valence-corrected chi connectivity index (χ4v) is 3.64. The van der Waals surface area contributed by atoms with Crippen LogP contribution in [0.4, 0.5) is 20.2 Å². The third-order valence-corrected chi connectivity index (χ3v) is 5.46. The van der Waals surface area contributed by atoms with E-state index in [1.807, 2.05) is 32.9 Å². The highest BCUT2D eigenvalue weighted by atomic mass is 19.1. The molecule has 168 valence electrons. The van der Waals surface area contributed by atoms with Crippen molar-refractivity contribution in [3.63, 3.8) is 0 Å². The number of benzene rings is 3. The number of ether oxygens (including phenoxy) is 1. The largest absolute Gasteiger partial charge is 0.494 e. The van der Waals surface area contributed by atoms with Gasteiger partial charge in [0.2, 0.25) is 0 Å². The molecule has 5 nitrogen and oxygen atoms in total. The first-order chi connectivity index (χ1) is 15.8. The van der Waals surface area contributed by atoms with Gasteiger partial charge >= 0.3 is 0 Å². The van der Waals surface area contributed by atoms with E-state index in [0.29, 0.717) is 29.7 Å². The molecule has 4 rings (SSSR count). The summed E-state index contributed by atoms with van der Waals surface area (Å²) in [7, 11) is 0. The number of nitrogens with zero attached hydrogens (tertiary/aromatic N) is 1. The number of carbonyl (C=O) groups is 2. The summed E-state index contributed by atoms with van der Waals surface area (Å²) in [6.45, 7) is 6.24. The number of halogens is 2. The maximum atomic E-state index is 14.5. The molecule has 0 spiro atoms. The van der Waals surface area contributed by atoms with Gasteiger partial charge in [-0.1, -0.05) is 18.2 Å². The highest BCUT2D eigenvalue weighted by Gasteiger charge is 2.41. The van der Waals surface area contributed by atoms with Crippen LogP contribution in [0.15, 0.2) is 66.4 Å². The molecule has 0 saturated carbocycles. The minimum Gasteiger partial charge on any atom is -0.494 e. The van der Waals surface area contributed by atoms with Crippen LogP contribution >= 0.6 is 0 Å². The monoisotopic (exact) mass is 448 g/mol. The van der Waals surface area contributed by atoms with Gasteiger partial charge in [-0.15, -0.1) is 0 Å². The molecule has 0 fully saturated rings. The normalized spacial score (nSPS) is 13.7. The molecular formula is C26H22F2N2O3. The van der Waals surface area contributed by atoms with Crippen LogP contribution in [0, 0.1) is 25.5 Å². The average molecular weight is 448 g/mol. The number of aryl methyl sites for hydroxylation is 2. The number of hydrogen-bond acceptors (Lipinski definition) is 4. The summed E-state index contributed by atoms with van der Waals surface area (Å²) in [5, 5.41) is 3.05. The van der Waals surface area contributed by atoms with Gasteiger partial charge in [-0.2, -0.15) is 0 Å². The van der Waals surface area contributed by atoms with Gasteiger partial charge in [0.05, 0.1) is 17.9 Å². The van der Waals surface area contributed by atoms with Crippen molar-refractivity contribution >= 4 is 28.8 Å². The van der Waals surface area contributed by atoms with Crippen molar-refractivity contribution in [2.75, 3.05) is 16.8 Å². The number of hydrogen-bond donors (Lipinski definition) is 1. The summed E-state index contributed by atoms with van der Waals surface area (Å²) >= 11 is 0. The van der Waals surface area contributed by atoms with E-state index >= 15 is 0 Å². The maximum absolute atomic E-state index is 14.5. The number of imide groups is 1. The van der Waals surface area contributed by atoms with Crippen LogP contribution in [0.3, 0.4) is 0 Å². The molecule has 0 bridgehead atoms. The standard InChI is InChI=1S/C26H22F2N2O3/c1-4-33-20-10-6-17(7-11-20)23-24(29-19-9-5-15(2)16(3)13-19)26(32)30(25(23)31)22-12-8-18(27)14-21(22)28/h5-14,29H,4H2,1-3H3. The van der Waals surface area contributed by atoms with Crippen molar-refractivity contribution in [2.45, 2.75) is 20.8 Å². The van der Waals surface area contributed by atoms with Crippen molar-refractivity contribution in [3.8, 4) is 5.75 Å². The zero-order valence-electron chi connectivity index (χ0n) is 18.4. The number of nitrogens with one attached hydrogen (secondary N) is 1. The maximum Gasteiger partial charge on any atom is 0.282 e. The Kier molecular flexibility index (Phi) is 5.96. The van der Waals surface area contributed by atoms with E-state index in [1.165, 1.54) is 0 Å². The molecule has 0 saturated heterocycles. The second-order valence-corrected chi connectivity index (χ2v) is 7.67. The summed E-state index contributed by atoms with van der Waals surface area (Å²) in [6.07, 6.45) is 0. The molecule has 0 radical (unpaired) electrons. The Morgan fingerprint density at radius 2 is 1.61 bits per heavy atom. The fourth-order valence-electron chi connectivity index (χ4n) is 3.64. The molecule has 33 heavy (non-hydrogen) atoms. The van der Waals surface area contributed by atoms with Crippen LogP contribution in [0.25, 0.3) is 5.57 Å². The van der Waals surface area contributed by atoms with Crippen LogP contribution in [0.2, 0.25) is 0 Å². The molecule has 2 amide bonds. The molecule has 1 N–H and O–H groups in total. The zero-order chi connectivity index (χ0) is 23.7. The van der Waals surface area contributed by atoms with Gasteiger partial charge in [0.25, 0.3) is 11.8 Å². The Hall–Kier alpha value is -4.00. The van der Waals surface area contributed by atoms with Crippen LogP contribution in [-0.2, 0) is 9.59 Å². The smallest absolute Gasteiger partial charge is 0.282 e. The predicted molar refractivity (Wildman–Crippen MR) is 123 cm³/mol. The summed E-state index contributed by atoms with van der Waals surface area (Å²) in [6, 6.07) is 15.0. The highest BCUT2D eigenvalue weighted by Crippen LogP contribution is 2.35. The van der Waals surface area contributed by atoms with Crippen molar-refractivity contribution in [1.82, 2.24) is 0 Å². The molecular weight excluding hydrogens is 426 g/mol. The quantitative estimate of drug-likeness (QED) is 0.515. The van der Waals surface area contributed by atoms with E-state index < -0.39 is 23.4 Å². The SMILES string of the molecule is CCOc1ccc(C2=C(Nc3ccc(C)c(C)c3)C(=O)N(c3ccc(F)cc3F)C2=O)cc1. The lowest BCUT2D eigenvalue weighted by Gasteiger charge is -2.16. The molecule has 0 unspecified atom stereocenters. The Bertz CT molecular complexity index is 1280. The second kappa shape index (κ2) is 8.86. The van der Waals surface area contributed by atoms with Gasteiger partial charge in [0.1, 0.15) is 23.1 Å². The molecule has 1 aliphatic heterocycles. The van der Waals surface area contributed by atoms with Crippen LogP contribution in [0.5, 0.6) is 5.75 Å². The molecule has 7 heteroatoms. The Morgan fingerprint density at radius 3 is 2.24 bits per heavy atom. The van der Waals surface area contributed by atoms with Crippen LogP contribution < -0.4 is 15.0 Å². The second-order valence-electron chi connectivity index (χ2n) is 7.67. The Morgan fingerprint density at radius 1 is 0.879 bits per heavy atom. The summed E-state index contributed by atoms with van der Waals surface area (Å²) < 4.78 is 33.4. The van der Waals surface area contributed by atoms with Crippen molar-refractivity contribution in [1.29, 1.82) is 0 Å². The summed E-state index contributed by atoms with van der Waals surface area (Å²) in [4.78, 5) is 27.5. The van der Waals surface area contributed by atoms with Crippen molar-refractivity contribution in [3.05, 3.63) is 94.7 Å². The molecule has 1 heterocycles. The minimum atomic E-state index is -1.00. The van der Waals surface area contributed by atoms with Gasteiger partial charge in [-0.25, -0.2) is 13.7 Å². The molecule has 0 aliphatic carbocycles. The summed E-state index contributed by atoms with van der Waals surface area (Å²) in [5.41, 5.74) is 2.94. The molecule has 1 aliphatic rings. The number of anilines is 2. The van der Waals surface area contributed by atoms with Gasteiger partial charge in [-0.05, 0) is 73.9 Å². The molecule has 3 aromatic rings. The lowest BCUT2D eigenvalue weighted by Crippen LogP contribution is -2.33. The molecule has 3 aromatic carbocycles. The van der Waals surface area contributed by atoms with Gasteiger partial charge in [-0.3, -0.25) is 9.59 Å². The van der Waals surface area contributed by atoms with Gasteiger partial charge in [0.15, 0.2) is 0 Å². The zero-order valence-corrected chi connectivity index (χ0v) is 18.4. The predicted octanol–water partition coefficient (Wildman–Crippen LogP) is 5.38. The van der Waals surface area contributed by atoms with Gasteiger partial charge in [0, 0.05) is 11.8 Å². The Labute approximate surface area is 190 Å². The number of rotatable bonds is 6. The summed E-state index contributed by atoms with van der Waals surface area (Å²) in [5.74, 6) is -2.63. The number of amides is 2. The third kappa shape index (κ3) is 4.22. The first-order valence-corrected chi connectivity index (χ1v) is 10.5. The van der Waals surface area contributed by atoms with E-state index in [0.717, 1.165) is 28.2 Å². The highest BCUT2D eigenvalue weighted by molar-refractivity contribution is 6.46. The first-order valence-electron chi connectivity index (χ1n) is 10.5. The van der Waals surface area contributed by atoms with E-state index in [-0.39, 0.29) is 17.0 Å². The fraction of sp³-hybridized carbons (Fsp3) is 0.154. The number of carbonyl (C=O) groups excluding carboxylic acids is 2. The first kappa shape index (κ1) is 22.2. The third-order valence-electron chi connectivity index (χ3n) is 5.46. The van der Waals surface area contributed by atoms with Gasteiger partial charge < -0.3 is 10.1 Å². The van der Waals surface area contributed by atoms with E-state index in [9.17, 15) is 18.4 Å². The topological polar surface area (TPSA) is 58.6 Å². The lowest BCUT2D eigenvalue weighted by atomic mass is 10.0. The van der Waals surface area contributed by atoms with Crippen molar-refractivity contribution < 1.29 is 23.1 Å². The molecule has 0 atom stereocenters. The molecule has 0 aromatic heterocycles. The van der Waals surface area contributed by atoms with E-state index in [1.54, 1.807) is 30.3 Å². The lowest BCUT2D eigenvalue weighted by molar-refractivity contribution is -0.120. The van der Waals surface area contributed by atoms with Crippen molar-refractivity contribution in [2.24, 2.45) is 0 Å². The van der Waals surface area contributed by atoms with Crippen LogP contribution in [0.1, 0.15) is 23.6 Å². The Balaban J connectivity index is 1.82. The average Bonchev–Trinajstić information content (AvgIpc) is 3.01. The van der Waals surface area contributed by atoms with E-state index in [4.69, 9.17) is 4.74 Å².